The quantitative estimate of drug-likeness (QED) is 0.662. The highest BCUT2D eigenvalue weighted by atomic mass is 16.7. The number of benzene rings is 1. The van der Waals surface area contributed by atoms with Gasteiger partial charge in [0.1, 0.15) is 6.29 Å². The van der Waals surface area contributed by atoms with Gasteiger partial charge in [-0.1, -0.05) is 12.1 Å². The van der Waals surface area contributed by atoms with E-state index in [-0.39, 0.29) is 6.61 Å². The number of hydrogen-bond acceptors (Lipinski definition) is 4. The lowest BCUT2D eigenvalue weighted by molar-refractivity contribution is 0.00578. The van der Waals surface area contributed by atoms with Crippen molar-refractivity contribution in [1.29, 1.82) is 0 Å². The summed E-state index contributed by atoms with van der Waals surface area (Å²) in [6.07, 6.45) is 2.28. The lowest BCUT2D eigenvalue weighted by Crippen LogP contribution is -2.41. The van der Waals surface area contributed by atoms with Gasteiger partial charge in [-0.25, -0.2) is 0 Å². The van der Waals surface area contributed by atoms with Crippen LogP contribution in [0.3, 0.4) is 0 Å². The van der Waals surface area contributed by atoms with E-state index in [2.05, 4.69) is 0 Å². The molecule has 1 N–H and O–H groups in total. The molecule has 5 heteroatoms. The van der Waals surface area contributed by atoms with Gasteiger partial charge >= 0.3 is 7.12 Å². The van der Waals surface area contributed by atoms with Gasteiger partial charge in [0.15, 0.2) is 0 Å². The van der Waals surface area contributed by atoms with Crippen molar-refractivity contribution >= 4 is 18.9 Å². The second kappa shape index (κ2) is 5.91. The fourth-order valence-corrected chi connectivity index (χ4v) is 2.35. The maximum Gasteiger partial charge on any atom is 0.495 e. The predicted molar refractivity (Wildman–Crippen MR) is 83.0 cm³/mol. The van der Waals surface area contributed by atoms with Gasteiger partial charge in [-0.05, 0) is 57.6 Å². The molecule has 1 saturated heterocycles. The molecule has 1 aliphatic heterocycles. The minimum Gasteiger partial charge on any atom is -0.399 e. The highest BCUT2D eigenvalue weighted by Crippen LogP contribution is 2.36. The van der Waals surface area contributed by atoms with Crippen LogP contribution in [0.2, 0.25) is 0 Å². The van der Waals surface area contributed by atoms with Crippen molar-refractivity contribution in [3.63, 3.8) is 0 Å². The predicted octanol–water partition coefficient (Wildman–Crippen LogP) is 1.72. The van der Waals surface area contributed by atoms with Crippen LogP contribution in [-0.4, -0.2) is 36.3 Å². The maximum atomic E-state index is 11.4. The zero-order valence-electron chi connectivity index (χ0n) is 13.2. The van der Waals surface area contributed by atoms with Gasteiger partial charge in [0, 0.05) is 12.2 Å². The molecule has 1 aromatic rings. The number of hydrogen-bond donors (Lipinski definition) is 1. The summed E-state index contributed by atoms with van der Waals surface area (Å²) < 4.78 is 12.0. The number of aldehydes is 1. The minimum atomic E-state index is -0.526. The van der Waals surface area contributed by atoms with E-state index in [0.717, 1.165) is 23.7 Å². The van der Waals surface area contributed by atoms with Gasteiger partial charge in [-0.3, -0.25) is 4.79 Å². The molecule has 0 radical (unpaired) electrons. The fraction of sp³-hybridized carbons (Fsp3) is 0.562. The van der Waals surface area contributed by atoms with Gasteiger partial charge in [0.05, 0.1) is 11.2 Å². The number of aryl methyl sites for hydroxylation is 1. The van der Waals surface area contributed by atoms with Crippen LogP contribution in [-0.2, 0) is 15.7 Å². The molecule has 0 aromatic heterocycles. The number of rotatable bonds is 5. The molecule has 4 nitrogen and oxygen atoms in total. The van der Waals surface area contributed by atoms with Gasteiger partial charge in [-0.2, -0.15) is 0 Å². The van der Waals surface area contributed by atoms with Crippen molar-refractivity contribution in [2.24, 2.45) is 0 Å². The molecule has 1 aliphatic rings. The number of carbonyl (C=O) groups excluding carboxylic acids is 1. The number of carbonyl (C=O) groups is 1. The van der Waals surface area contributed by atoms with E-state index in [9.17, 15) is 4.79 Å². The molecule has 2 rings (SSSR count). The van der Waals surface area contributed by atoms with Crippen LogP contribution >= 0.6 is 0 Å². The Morgan fingerprint density at radius 1 is 1.19 bits per heavy atom. The molecular formula is C16H23BO4. The Labute approximate surface area is 126 Å². The molecule has 1 fully saturated rings. The third-order valence-electron chi connectivity index (χ3n) is 4.41. The van der Waals surface area contributed by atoms with E-state index >= 15 is 0 Å². The van der Waals surface area contributed by atoms with Crippen molar-refractivity contribution in [3.05, 3.63) is 29.3 Å². The molecule has 1 aromatic carbocycles. The van der Waals surface area contributed by atoms with Crippen LogP contribution < -0.4 is 5.46 Å². The van der Waals surface area contributed by atoms with Crippen LogP contribution in [0.1, 0.15) is 50.0 Å². The largest absolute Gasteiger partial charge is 0.495 e. The standard InChI is InChI=1S/C16H23BO4/c1-15(2)16(3,4)21-17(20-15)14-8-7-12(6-5-9-18)10-13(14)11-19/h7-8,10-11,18H,5-6,9H2,1-4H3. The topological polar surface area (TPSA) is 55.8 Å². The Morgan fingerprint density at radius 2 is 1.81 bits per heavy atom. The zero-order valence-corrected chi connectivity index (χ0v) is 13.2. The molecule has 0 aliphatic carbocycles. The first-order valence-corrected chi connectivity index (χ1v) is 7.35. The van der Waals surface area contributed by atoms with Crippen LogP contribution in [0, 0.1) is 0 Å². The molecule has 0 spiro atoms. The molecule has 0 unspecified atom stereocenters. The molecule has 0 bridgehead atoms. The van der Waals surface area contributed by atoms with E-state index in [0.29, 0.717) is 12.0 Å². The summed E-state index contributed by atoms with van der Waals surface area (Å²) in [6.45, 7) is 8.11. The Kier molecular flexibility index (Phi) is 4.56. The first-order chi connectivity index (χ1) is 9.80. The fourth-order valence-electron chi connectivity index (χ4n) is 2.35. The molecule has 1 heterocycles. The molecule has 21 heavy (non-hydrogen) atoms. The van der Waals surface area contributed by atoms with E-state index in [4.69, 9.17) is 14.4 Å². The van der Waals surface area contributed by atoms with Crippen LogP contribution in [0.15, 0.2) is 18.2 Å². The van der Waals surface area contributed by atoms with Crippen molar-refractivity contribution in [1.82, 2.24) is 0 Å². The van der Waals surface area contributed by atoms with E-state index in [1.54, 1.807) is 0 Å². The summed E-state index contributed by atoms with van der Waals surface area (Å²) in [4.78, 5) is 11.4. The van der Waals surface area contributed by atoms with Crippen LogP contribution in [0.4, 0.5) is 0 Å². The summed E-state index contributed by atoms with van der Waals surface area (Å²) in [5.41, 5.74) is 1.53. The third kappa shape index (κ3) is 3.20. The Morgan fingerprint density at radius 3 is 2.33 bits per heavy atom. The highest BCUT2D eigenvalue weighted by molar-refractivity contribution is 6.63. The Hall–Kier alpha value is -1.17. The van der Waals surface area contributed by atoms with Crippen molar-refractivity contribution in [2.45, 2.75) is 51.7 Å². The van der Waals surface area contributed by atoms with Crippen LogP contribution in [0.25, 0.3) is 0 Å². The van der Waals surface area contributed by atoms with Crippen LogP contribution in [0.5, 0.6) is 0 Å². The normalized spacial score (nSPS) is 19.8. The summed E-state index contributed by atoms with van der Waals surface area (Å²) >= 11 is 0. The third-order valence-corrected chi connectivity index (χ3v) is 4.41. The van der Waals surface area contributed by atoms with Crippen molar-refractivity contribution in [3.8, 4) is 0 Å². The lowest BCUT2D eigenvalue weighted by atomic mass is 9.75. The second-order valence-electron chi connectivity index (χ2n) is 6.50. The molecule has 114 valence electrons. The molecular weight excluding hydrogens is 267 g/mol. The van der Waals surface area contributed by atoms with E-state index in [1.807, 2.05) is 45.9 Å². The number of aliphatic hydroxyl groups excluding tert-OH is 1. The average Bonchev–Trinajstić information content (AvgIpc) is 2.64. The second-order valence-corrected chi connectivity index (χ2v) is 6.50. The first-order valence-electron chi connectivity index (χ1n) is 7.35. The molecule has 0 amide bonds. The Bertz CT molecular complexity index is 509. The average molecular weight is 290 g/mol. The van der Waals surface area contributed by atoms with Crippen molar-refractivity contribution in [2.75, 3.05) is 6.61 Å². The number of aliphatic hydroxyl groups is 1. The smallest absolute Gasteiger partial charge is 0.399 e. The molecule has 0 atom stereocenters. The van der Waals surface area contributed by atoms with Gasteiger partial charge in [-0.15, -0.1) is 0 Å². The lowest BCUT2D eigenvalue weighted by Gasteiger charge is -2.32. The van der Waals surface area contributed by atoms with Gasteiger partial charge < -0.3 is 14.4 Å². The summed E-state index contributed by atoms with van der Waals surface area (Å²) in [6, 6.07) is 5.70. The summed E-state index contributed by atoms with van der Waals surface area (Å²) in [7, 11) is -0.526. The highest BCUT2D eigenvalue weighted by Gasteiger charge is 2.52. The SMILES string of the molecule is CC1(C)OB(c2ccc(CCCO)cc2C=O)OC1(C)C. The van der Waals surface area contributed by atoms with Crippen molar-refractivity contribution < 1.29 is 19.2 Å². The minimum absolute atomic E-state index is 0.148. The Balaban J connectivity index is 2.27. The maximum absolute atomic E-state index is 11.4. The summed E-state index contributed by atoms with van der Waals surface area (Å²) in [5, 5.41) is 8.89. The van der Waals surface area contributed by atoms with Gasteiger partial charge in [0.2, 0.25) is 0 Å². The summed E-state index contributed by atoms with van der Waals surface area (Å²) in [5.74, 6) is 0. The van der Waals surface area contributed by atoms with E-state index in [1.165, 1.54) is 0 Å². The first kappa shape index (κ1) is 16.2. The van der Waals surface area contributed by atoms with Gasteiger partial charge in [0.25, 0.3) is 0 Å². The zero-order chi connectivity index (χ0) is 15.7. The molecule has 0 saturated carbocycles. The van der Waals surface area contributed by atoms with E-state index < -0.39 is 18.3 Å². The monoisotopic (exact) mass is 290 g/mol.